The normalized spacial score (nSPS) is 11.6. The number of nitrogens with one attached hydrogen (secondary N) is 1. The monoisotopic (exact) mass is 352 g/mol. The van der Waals surface area contributed by atoms with Crippen LogP contribution in [0.25, 0.3) is 0 Å². The molecule has 0 aliphatic carbocycles. The zero-order chi connectivity index (χ0) is 18.8. The maximum absolute atomic E-state index is 12.9. The highest BCUT2D eigenvalue weighted by Gasteiger charge is 2.25. The molecule has 2 aromatic rings. The number of hydrogen-bond donors (Lipinski definition) is 1. The van der Waals surface area contributed by atoms with Crippen LogP contribution in [-0.2, 0) is 22.6 Å². The summed E-state index contributed by atoms with van der Waals surface area (Å²) < 4.78 is 0. The van der Waals surface area contributed by atoms with Gasteiger partial charge in [-0.15, -0.1) is 0 Å². The minimum Gasteiger partial charge on any atom is -0.354 e. The van der Waals surface area contributed by atoms with Crippen LogP contribution in [-0.4, -0.2) is 29.3 Å². The van der Waals surface area contributed by atoms with Crippen LogP contribution in [0.15, 0.2) is 60.7 Å². The number of hydrogen-bond acceptors (Lipinski definition) is 2. The highest BCUT2D eigenvalue weighted by molar-refractivity contribution is 5.87. The number of carbonyl (C=O) groups excluding carboxylic acids is 2. The average Bonchev–Trinajstić information content (AvgIpc) is 2.69. The largest absolute Gasteiger partial charge is 0.354 e. The summed E-state index contributed by atoms with van der Waals surface area (Å²) >= 11 is 0. The van der Waals surface area contributed by atoms with Gasteiger partial charge in [-0.3, -0.25) is 9.59 Å². The summed E-state index contributed by atoms with van der Waals surface area (Å²) in [6, 6.07) is 19.3. The fourth-order valence-electron chi connectivity index (χ4n) is 2.80. The summed E-state index contributed by atoms with van der Waals surface area (Å²) in [5.41, 5.74) is 2.15. The molecule has 0 aliphatic heterocycles. The Hall–Kier alpha value is -2.62. The van der Waals surface area contributed by atoms with Crippen molar-refractivity contribution < 1.29 is 9.59 Å². The van der Waals surface area contributed by atoms with Crippen LogP contribution in [0, 0.1) is 0 Å². The van der Waals surface area contributed by atoms with Crippen molar-refractivity contribution >= 4 is 11.8 Å². The molecular formula is C22H28N2O2. The SMILES string of the molecule is CCCNC(=O)[C@H](C)N(Cc1ccccc1)C(=O)CCc1ccccc1. The zero-order valence-corrected chi connectivity index (χ0v) is 15.7. The molecule has 138 valence electrons. The van der Waals surface area contributed by atoms with Gasteiger partial charge in [0, 0.05) is 19.5 Å². The summed E-state index contributed by atoms with van der Waals surface area (Å²) in [6.07, 6.45) is 1.94. The maximum Gasteiger partial charge on any atom is 0.242 e. The number of carbonyl (C=O) groups is 2. The molecule has 1 atom stereocenters. The molecule has 0 radical (unpaired) electrons. The lowest BCUT2D eigenvalue weighted by Gasteiger charge is -2.29. The second-order valence-electron chi connectivity index (χ2n) is 6.46. The van der Waals surface area contributed by atoms with Gasteiger partial charge in [0.15, 0.2) is 0 Å². The standard InChI is InChI=1S/C22H28N2O2/c1-3-16-23-22(26)18(2)24(17-20-12-8-5-9-13-20)21(25)15-14-19-10-6-4-7-11-19/h4-13,18H,3,14-17H2,1-2H3,(H,23,26)/t18-/m0/s1. The van der Waals surface area contributed by atoms with Crippen LogP contribution in [0.5, 0.6) is 0 Å². The predicted molar refractivity (Wildman–Crippen MR) is 105 cm³/mol. The molecule has 0 heterocycles. The molecule has 0 unspecified atom stereocenters. The molecule has 0 fully saturated rings. The molecule has 4 nitrogen and oxygen atoms in total. The van der Waals surface area contributed by atoms with E-state index in [4.69, 9.17) is 0 Å². The molecule has 0 spiro atoms. The molecule has 1 N–H and O–H groups in total. The fraction of sp³-hybridized carbons (Fsp3) is 0.364. The summed E-state index contributed by atoms with van der Waals surface area (Å²) in [6.45, 7) is 4.88. The Kier molecular flexibility index (Phi) is 7.87. The van der Waals surface area contributed by atoms with Gasteiger partial charge in [0.1, 0.15) is 6.04 Å². The van der Waals surface area contributed by atoms with Crippen LogP contribution >= 0.6 is 0 Å². The Balaban J connectivity index is 2.07. The van der Waals surface area contributed by atoms with E-state index >= 15 is 0 Å². The quantitative estimate of drug-likeness (QED) is 0.750. The van der Waals surface area contributed by atoms with Crippen LogP contribution < -0.4 is 5.32 Å². The first-order valence-corrected chi connectivity index (χ1v) is 9.26. The molecule has 0 aliphatic rings. The van der Waals surface area contributed by atoms with E-state index in [0.717, 1.165) is 17.5 Å². The Bertz CT molecular complexity index is 686. The highest BCUT2D eigenvalue weighted by atomic mass is 16.2. The van der Waals surface area contributed by atoms with E-state index in [2.05, 4.69) is 5.32 Å². The third-order valence-electron chi connectivity index (χ3n) is 4.38. The molecule has 2 aromatic carbocycles. The summed E-state index contributed by atoms with van der Waals surface area (Å²) in [7, 11) is 0. The van der Waals surface area contributed by atoms with Crippen molar-refractivity contribution in [2.75, 3.05) is 6.54 Å². The van der Waals surface area contributed by atoms with Crippen LogP contribution in [0.2, 0.25) is 0 Å². The fourth-order valence-corrected chi connectivity index (χ4v) is 2.80. The van der Waals surface area contributed by atoms with Crippen LogP contribution in [0.3, 0.4) is 0 Å². The van der Waals surface area contributed by atoms with Gasteiger partial charge in [-0.2, -0.15) is 0 Å². The molecule has 0 bridgehead atoms. The number of amides is 2. The van der Waals surface area contributed by atoms with E-state index in [-0.39, 0.29) is 11.8 Å². The lowest BCUT2D eigenvalue weighted by molar-refractivity contribution is -0.140. The van der Waals surface area contributed by atoms with Crippen molar-refractivity contribution in [3.8, 4) is 0 Å². The second-order valence-corrected chi connectivity index (χ2v) is 6.46. The Morgan fingerprint density at radius 3 is 2.12 bits per heavy atom. The topological polar surface area (TPSA) is 49.4 Å². The number of benzene rings is 2. The van der Waals surface area contributed by atoms with Gasteiger partial charge in [-0.25, -0.2) is 0 Å². The van der Waals surface area contributed by atoms with Gasteiger partial charge in [0.2, 0.25) is 11.8 Å². The van der Waals surface area contributed by atoms with Crippen molar-refractivity contribution in [1.82, 2.24) is 10.2 Å². The predicted octanol–water partition coefficient (Wildman–Crippen LogP) is 3.56. The number of aryl methyl sites for hydroxylation is 1. The van der Waals surface area contributed by atoms with Gasteiger partial charge in [-0.05, 0) is 30.9 Å². The Labute approximate surface area is 156 Å². The molecule has 0 saturated heterocycles. The number of rotatable bonds is 9. The van der Waals surface area contributed by atoms with Gasteiger partial charge < -0.3 is 10.2 Å². The third-order valence-corrected chi connectivity index (χ3v) is 4.38. The van der Waals surface area contributed by atoms with E-state index in [1.165, 1.54) is 0 Å². The smallest absolute Gasteiger partial charge is 0.242 e. The Morgan fingerprint density at radius 2 is 1.54 bits per heavy atom. The second kappa shape index (κ2) is 10.4. The first kappa shape index (κ1) is 19.7. The minimum atomic E-state index is -0.495. The maximum atomic E-state index is 12.9. The van der Waals surface area contributed by atoms with E-state index < -0.39 is 6.04 Å². The minimum absolute atomic E-state index is 0.00291. The molecule has 4 heteroatoms. The van der Waals surface area contributed by atoms with Gasteiger partial charge >= 0.3 is 0 Å². The summed E-state index contributed by atoms with van der Waals surface area (Å²) in [5.74, 6) is -0.104. The lowest BCUT2D eigenvalue weighted by Crippen LogP contribution is -2.47. The number of nitrogens with zero attached hydrogens (tertiary/aromatic N) is 1. The first-order chi connectivity index (χ1) is 12.6. The van der Waals surface area contributed by atoms with Crippen LogP contribution in [0.1, 0.15) is 37.8 Å². The van der Waals surface area contributed by atoms with E-state index in [1.807, 2.05) is 67.6 Å². The van der Waals surface area contributed by atoms with Crippen molar-refractivity contribution in [2.24, 2.45) is 0 Å². The molecule has 0 aromatic heterocycles. The van der Waals surface area contributed by atoms with E-state index in [9.17, 15) is 9.59 Å². The third kappa shape index (κ3) is 6.03. The highest BCUT2D eigenvalue weighted by Crippen LogP contribution is 2.13. The van der Waals surface area contributed by atoms with Gasteiger partial charge in [-0.1, -0.05) is 67.6 Å². The Morgan fingerprint density at radius 1 is 0.962 bits per heavy atom. The van der Waals surface area contributed by atoms with E-state index in [0.29, 0.717) is 25.9 Å². The van der Waals surface area contributed by atoms with Crippen molar-refractivity contribution in [3.63, 3.8) is 0 Å². The molecular weight excluding hydrogens is 324 g/mol. The van der Waals surface area contributed by atoms with Crippen molar-refractivity contribution in [3.05, 3.63) is 71.8 Å². The van der Waals surface area contributed by atoms with Crippen molar-refractivity contribution in [2.45, 2.75) is 45.7 Å². The van der Waals surface area contributed by atoms with Gasteiger partial charge in [0.05, 0.1) is 0 Å². The molecule has 0 saturated carbocycles. The summed E-state index contributed by atoms with van der Waals surface area (Å²) in [4.78, 5) is 27.0. The molecule has 2 rings (SSSR count). The zero-order valence-electron chi connectivity index (χ0n) is 15.7. The van der Waals surface area contributed by atoms with Crippen LogP contribution in [0.4, 0.5) is 0 Å². The van der Waals surface area contributed by atoms with E-state index in [1.54, 1.807) is 11.8 Å². The van der Waals surface area contributed by atoms with Gasteiger partial charge in [0.25, 0.3) is 0 Å². The molecule has 2 amide bonds. The average molecular weight is 352 g/mol. The summed E-state index contributed by atoms with van der Waals surface area (Å²) in [5, 5.41) is 2.89. The molecule has 26 heavy (non-hydrogen) atoms. The van der Waals surface area contributed by atoms with Crippen molar-refractivity contribution in [1.29, 1.82) is 0 Å². The lowest BCUT2D eigenvalue weighted by atomic mass is 10.1. The first-order valence-electron chi connectivity index (χ1n) is 9.26.